The second-order valence-electron chi connectivity index (χ2n) is 4.00. The first-order valence-electron chi connectivity index (χ1n) is 5.61. The molecule has 4 nitrogen and oxygen atoms in total. The molecule has 0 spiro atoms. The highest BCUT2D eigenvalue weighted by Gasteiger charge is 2.17. The van der Waals surface area contributed by atoms with Crippen LogP contribution in [0.15, 0.2) is 18.5 Å². The molecule has 0 bridgehead atoms. The molecule has 2 aromatic rings. The van der Waals surface area contributed by atoms with Gasteiger partial charge in [0.15, 0.2) is 5.82 Å². The second-order valence-corrected chi connectivity index (χ2v) is 4.37. The van der Waals surface area contributed by atoms with Crippen molar-refractivity contribution in [2.24, 2.45) is 0 Å². The van der Waals surface area contributed by atoms with Gasteiger partial charge in [0.1, 0.15) is 16.5 Å². The van der Waals surface area contributed by atoms with Crippen LogP contribution in [0.3, 0.4) is 0 Å². The minimum Gasteiger partial charge on any atom is -0.397 e. The largest absolute Gasteiger partial charge is 0.397 e. The molecule has 6 heteroatoms. The maximum absolute atomic E-state index is 14.2. The number of benzene rings is 1. The molecule has 18 heavy (non-hydrogen) atoms. The van der Waals surface area contributed by atoms with E-state index in [1.54, 1.807) is 17.0 Å². The number of anilines is 2. The minimum absolute atomic E-state index is 0.115. The maximum atomic E-state index is 14.2. The third-order valence-corrected chi connectivity index (χ3v) is 3.05. The van der Waals surface area contributed by atoms with Gasteiger partial charge in [0.25, 0.3) is 0 Å². The number of halogens is 2. The molecule has 0 amide bonds. The van der Waals surface area contributed by atoms with Gasteiger partial charge in [-0.1, -0.05) is 18.5 Å². The zero-order valence-corrected chi connectivity index (χ0v) is 10.7. The number of imidazole rings is 1. The van der Waals surface area contributed by atoms with E-state index in [9.17, 15) is 4.39 Å². The van der Waals surface area contributed by atoms with Gasteiger partial charge >= 0.3 is 0 Å². The van der Waals surface area contributed by atoms with Crippen molar-refractivity contribution in [3.8, 4) is 5.69 Å². The lowest BCUT2D eigenvalue weighted by atomic mass is 10.2. The van der Waals surface area contributed by atoms with Gasteiger partial charge < -0.3 is 11.5 Å². The zero-order valence-electron chi connectivity index (χ0n) is 9.95. The van der Waals surface area contributed by atoms with Gasteiger partial charge in [0.05, 0.1) is 11.4 Å². The second kappa shape index (κ2) is 4.86. The molecule has 0 fully saturated rings. The van der Waals surface area contributed by atoms with Crippen molar-refractivity contribution in [3.63, 3.8) is 0 Å². The van der Waals surface area contributed by atoms with Crippen molar-refractivity contribution in [2.75, 3.05) is 11.5 Å². The van der Waals surface area contributed by atoms with Crippen molar-refractivity contribution in [1.82, 2.24) is 9.55 Å². The Morgan fingerprint density at radius 3 is 2.78 bits per heavy atom. The summed E-state index contributed by atoms with van der Waals surface area (Å²) in [6.45, 7) is 2.02. The molecule has 0 saturated carbocycles. The summed E-state index contributed by atoms with van der Waals surface area (Å²) in [6, 6.07) is 1.45. The van der Waals surface area contributed by atoms with E-state index in [0.717, 1.165) is 18.7 Å². The molecule has 0 aliphatic heterocycles. The molecule has 1 heterocycles. The molecule has 96 valence electrons. The summed E-state index contributed by atoms with van der Waals surface area (Å²) in [5.74, 6) is 0.119. The highest BCUT2D eigenvalue weighted by Crippen LogP contribution is 2.33. The van der Waals surface area contributed by atoms with Gasteiger partial charge in [-0.05, 0) is 12.5 Å². The Labute approximate surface area is 109 Å². The molecule has 4 N–H and O–H groups in total. The molecule has 0 saturated heterocycles. The molecule has 1 aromatic carbocycles. The summed E-state index contributed by atoms with van der Waals surface area (Å²) in [7, 11) is 0. The van der Waals surface area contributed by atoms with Crippen LogP contribution >= 0.6 is 11.6 Å². The summed E-state index contributed by atoms with van der Waals surface area (Å²) in [6.07, 6.45) is 4.90. The van der Waals surface area contributed by atoms with Crippen LogP contribution in [-0.4, -0.2) is 9.55 Å². The van der Waals surface area contributed by atoms with E-state index in [2.05, 4.69) is 4.98 Å². The lowest BCUT2D eigenvalue weighted by Gasteiger charge is -2.13. The third kappa shape index (κ3) is 2.01. The molecule has 2 rings (SSSR count). The fraction of sp³-hybridized carbons (Fsp3) is 0.250. The van der Waals surface area contributed by atoms with Crippen molar-refractivity contribution in [1.29, 1.82) is 0 Å². The van der Waals surface area contributed by atoms with E-state index in [0.29, 0.717) is 0 Å². The standard InChI is InChI=1S/C12H14ClFN4/c1-2-3-9-17-4-5-18(9)12-8(16)6-7(15)10(13)11(12)14/h4-6H,2-3,15-16H2,1H3. The topological polar surface area (TPSA) is 69.9 Å². The quantitative estimate of drug-likeness (QED) is 0.841. The molecule has 1 aromatic heterocycles. The van der Waals surface area contributed by atoms with Crippen LogP contribution in [0, 0.1) is 5.82 Å². The van der Waals surface area contributed by atoms with E-state index in [-0.39, 0.29) is 22.1 Å². The van der Waals surface area contributed by atoms with Crippen LogP contribution in [0.2, 0.25) is 5.02 Å². The molecule has 0 radical (unpaired) electrons. The number of nitrogens with two attached hydrogens (primary N) is 2. The summed E-state index contributed by atoms with van der Waals surface area (Å²) >= 11 is 5.81. The first kappa shape index (κ1) is 12.7. The summed E-state index contributed by atoms with van der Waals surface area (Å²) in [4.78, 5) is 4.18. The molecule has 0 aliphatic carbocycles. The Hall–Kier alpha value is -1.75. The van der Waals surface area contributed by atoms with Gasteiger partial charge in [-0.15, -0.1) is 0 Å². The van der Waals surface area contributed by atoms with Crippen LogP contribution < -0.4 is 11.5 Å². The van der Waals surface area contributed by atoms with Crippen molar-refractivity contribution >= 4 is 23.0 Å². The lowest BCUT2D eigenvalue weighted by molar-refractivity contribution is 0.616. The normalized spacial score (nSPS) is 10.8. The first-order valence-corrected chi connectivity index (χ1v) is 5.99. The average molecular weight is 269 g/mol. The molecule has 0 unspecified atom stereocenters. The Balaban J connectivity index is 2.64. The van der Waals surface area contributed by atoms with Crippen LogP contribution in [0.4, 0.5) is 15.8 Å². The highest BCUT2D eigenvalue weighted by atomic mass is 35.5. The summed E-state index contributed by atoms with van der Waals surface area (Å²) < 4.78 is 15.8. The average Bonchev–Trinajstić information content (AvgIpc) is 2.75. The minimum atomic E-state index is -0.621. The number of aromatic nitrogens is 2. The van der Waals surface area contributed by atoms with E-state index in [1.165, 1.54) is 6.07 Å². The fourth-order valence-corrected chi connectivity index (χ4v) is 1.99. The number of rotatable bonds is 3. The highest BCUT2D eigenvalue weighted by molar-refractivity contribution is 6.33. The fourth-order valence-electron chi connectivity index (χ4n) is 1.85. The van der Waals surface area contributed by atoms with E-state index < -0.39 is 5.82 Å². The van der Waals surface area contributed by atoms with Gasteiger partial charge in [0, 0.05) is 18.8 Å². The first-order chi connectivity index (χ1) is 8.56. The van der Waals surface area contributed by atoms with Crippen molar-refractivity contribution in [3.05, 3.63) is 35.1 Å². The Morgan fingerprint density at radius 1 is 1.39 bits per heavy atom. The van der Waals surface area contributed by atoms with E-state index in [4.69, 9.17) is 23.1 Å². The van der Waals surface area contributed by atoms with Gasteiger partial charge in [0.2, 0.25) is 0 Å². The number of nitrogens with zero attached hydrogens (tertiary/aromatic N) is 2. The van der Waals surface area contributed by atoms with Gasteiger partial charge in [-0.3, -0.25) is 4.57 Å². The Bertz CT molecular complexity index is 580. The van der Waals surface area contributed by atoms with Crippen LogP contribution in [0.5, 0.6) is 0 Å². The Kier molecular flexibility index (Phi) is 3.43. The molecular weight excluding hydrogens is 255 g/mol. The number of aryl methyl sites for hydroxylation is 1. The van der Waals surface area contributed by atoms with Gasteiger partial charge in [-0.25, -0.2) is 9.37 Å². The monoisotopic (exact) mass is 268 g/mol. The summed E-state index contributed by atoms with van der Waals surface area (Å²) in [5.41, 5.74) is 12.0. The van der Waals surface area contributed by atoms with Crippen molar-refractivity contribution < 1.29 is 4.39 Å². The lowest BCUT2D eigenvalue weighted by Crippen LogP contribution is -2.08. The summed E-state index contributed by atoms with van der Waals surface area (Å²) in [5, 5.41) is -0.115. The molecule has 0 atom stereocenters. The number of nitrogen functional groups attached to an aromatic ring is 2. The Morgan fingerprint density at radius 2 is 2.11 bits per heavy atom. The van der Waals surface area contributed by atoms with Gasteiger partial charge in [-0.2, -0.15) is 0 Å². The molecular formula is C12H14ClFN4. The maximum Gasteiger partial charge on any atom is 0.170 e. The zero-order chi connectivity index (χ0) is 13.3. The van der Waals surface area contributed by atoms with E-state index >= 15 is 0 Å². The van der Waals surface area contributed by atoms with Crippen LogP contribution in [-0.2, 0) is 6.42 Å². The smallest absolute Gasteiger partial charge is 0.170 e. The predicted octanol–water partition coefficient (Wildman–Crippen LogP) is 2.78. The van der Waals surface area contributed by atoms with Crippen molar-refractivity contribution in [2.45, 2.75) is 19.8 Å². The SMILES string of the molecule is CCCc1nccn1-c1c(N)cc(N)c(Cl)c1F. The third-order valence-electron chi connectivity index (χ3n) is 2.67. The van der Waals surface area contributed by atoms with Crippen LogP contribution in [0.1, 0.15) is 19.2 Å². The number of hydrogen-bond acceptors (Lipinski definition) is 3. The molecule has 0 aliphatic rings. The van der Waals surface area contributed by atoms with E-state index in [1.807, 2.05) is 6.92 Å². The number of hydrogen-bond donors (Lipinski definition) is 2. The van der Waals surface area contributed by atoms with Crippen LogP contribution in [0.25, 0.3) is 5.69 Å². The predicted molar refractivity (Wildman–Crippen MR) is 71.4 cm³/mol.